The van der Waals surface area contributed by atoms with E-state index in [2.05, 4.69) is 21.1 Å². The Morgan fingerprint density at radius 2 is 2.05 bits per heavy atom. The highest BCUT2D eigenvalue weighted by atomic mass is 32.1. The van der Waals surface area contributed by atoms with Crippen LogP contribution in [0.15, 0.2) is 23.0 Å². The number of aromatic nitrogens is 1. The molecule has 0 aliphatic rings. The molecule has 20 heavy (non-hydrogen) atoms. The predicted molar refractivity (Wildman–Crippen MR) is 80.3 cm³/mol. The van der Waals surface area contributed by atoms with Crippen LogP contribution >= 0.6 is 11.5 Å². The summed E-state index contributed by atoms with van der Waals surface area (Å²) in [6.07, 6.45) is 0.901. The molecule has 2 aromatic rings. The highest BCUT2D eigenvalue weighted by Gasteiger charge is 2.13. The van der Waals surface area contributed by atoms with Gasteiger partial charge in [0, 0.05) is 25.1 Å². The van der Waals surface area contributed by atoms with E-state index in [0.29, 0.717) is 11.9 Å². The minimum absolute atomic E-state index is 0.0362. The van der Waals surface area contributed by atoms with Crippen LogP contribution in [0.1, 0.15) is 6.42 Å². The number of hydrogen-bond acceptors (Lipinski definition) is 4. The largest absolute Gasteiger partial charge is 0.331 e. The van der Waals surface area contributed by atoms with Gasteiger partial charge in [-0.2, -0.15) is 0 Å². The standard InChI is InChI=1S/C13H18N3O3S/c1-16(2,3)8-4-7-14-13(17)11-9-10(15(18)19)5-6-12(11)20-14/h5-6,9H,4,7-8H2,1-3H3/q+1. The quantitative estimate of drug-likeness (QED) is 0.482. The molecule has 1 heterocycles. The summed E-state index contributed by atoms with van der Waals surface area (Å²) in [7, 11) is 6.32. The van der Waals surface area contributed by atoms with E-state index >= 15 is 0 Å². The Bertz CT molecular complexity index is 697. The zero-order chi connectivity index (χ0) is 14.9. The summed E-state index contributed by atoms with van der Waals surface area (Å²) < 4.78 is 3.33. The van der Waals surface area contributed by atoms with Crippen molar-refractivity contribution in [3.05, 3.63) is 38.7 Å². The first-order valence-corrected chi connectivity index (χ1v) is 7.14. The molecule has 108 valence electrons. The molecule has 0 bridgehead atoms. The summed E-state index contributed by atoms with van der Waals surface area (Å²) >= 11 is 1.37. The minimum atomic E-state index is -0.474. The molecule has 0 amide bonds. The summed E-state index contributed by atoms with van der Waals surface area (Å²) in [6, 6.07) is 4.45. The van der Waals surface area contributed by atoms with E-state index in [-0.39, 0.29) is 11.2 Å². The second-order valence-corrected chi connectivity index (χ2v) is 6.87. The van der Waals surface area contributed by atoms with Gasteiger partial charge < -0.3 is 4.48 Å². The lowest BCUT2D eigenvalue weighted by atomic mass is 10.2. The van der Waals surface area contributed by atoms with Crippen LogP contribution in [0.5, 0.6) is 0 Å². The van der Waals surface area contributed by atoms with Crippen LogP contribution in [-0.4, -0.2) is 41.1 Å². The Hall–Kier alpha value is -1.73. The van der Waals surface area contributed by atoms with Gasteiger partial charge in [0.2, 0.25) is 0 Å². The van der Waals surface area contributed by atoms with Gasteiger partial charge >= 0.3 is 0 Å². The maximum absolute atomic E-state index is 12.2. The normalized spacial score (nSPS) is 11.9. The molecule has 0 spiro atoms. The molecule has 6 nitrogen and oxygen atoms in total. The first kappa shape index (κ1) is 14.7. The van der Waals surface area contributed by atoms with Crippen LogP contribution in [-0.2, 0) is 6.54 Å². The van der Waals surface area contributed by atoms with Crippen molar-refractivity contribution in [3.8, 4) is 0 Å². The van der Waals surface area contributed by atoms with Crippen molar-refractivity contribution in [2.75, 3.05) is 27.7 Å². The zero-order valence-corrected chi connectivity index (χ0v) is 12.6. The number of quaternary nitrogens is 1. The third-order valence-electron chi connectivity index (χ3n) is 3.03. The van der Waals surface area contributed by atoms with Crippen molar-refractivity contribution in [1.29, 1.82) is 0 Å². The molecule has 0 saturated carbocycles. The molecule has 1 aromatic carbocycles. The number of fused-ring (bicyclic) bond motifs is 1. The van der Waals surface area contributed by atoms with Crippen molar-refractivity contribution in [3.63, 3.8) is 0 Å². The van der Waals surface area contributed by atoms with Crippen molar-refractivity contribution in [1.82, 2.24) is 3.96 Å². The minimum Gasteiger partial charge on any atom is -0.331 e. The number of nitrogens with zero attached hydrogens (tertiary/aromatic N) is 3. The van der Waals surface area contributed by atoms with E-state index in [0.717, 1.165) is 22.1 Å². The lowest BCUT2D eigenvalue weighted by molar-refractivity contribution is -0.870. The van der Waals surface area contributed by atoms with E-state index in [1.807, 2.05) is 0 Å². The fourth-order valence-electron chi connectivity index (χ4n) is 2.01. The van der Waals surface area contributed by atoms with Gasteiger partial charge in [-0.25, -0.2) is 0 Å². The van der Waals surface area contributed by atoms with Gasteiger partial charge in [-0.15, -0.1) is 0 Å². The van der Waals surface area contributed by atoms with Crippen LogP contribution in [0.4, 0.5) is 5.69 Å². The molecule has 0 unspecified atom stereocenters. The maximum Gasteiger partial charge on any atom is 0.270 e. The van der Waals surface area contributed by atoms with Gasteiger partial charge in [0.1, 0.15) is 0 Å². The summed E-state index contributed by atoms with van der Waals surface area (Å²) in [6.45, 7) is 1.63. The second kappa shape index (κ2) is 5.34. The smallest absolute Gasteiger partial charge is 0.270 e. The summed E-state index contributed by atoms with van der Waals surface area (Å²) in [4.78, 5) is 22.5. The van der Waals surface area contributed by atoms with Crippen LogP contribution in [0.25, 0.3) is 10.1 Å². The number of hydrogen-bond donors (Lipinski definition) is 0. The Morgan fingerprint density at radius 3 is 2.65 bits per heavy atom. The molecule has 2 rings (SSSR count). The molecule has 0 atom stereocenters. The molecular formula is C13H18N3O3S+. The van der Waals surface area contributed by atoms with Gasteiger partial charge in [0.05, 0.1) is 42.7 Å². The Morgan fingerprint density at radius 1 is 1.35 bits per heavy atom. The molecule has 7 heteroatoms. The first-order chi connectivity index (χ1) is 9.28. The van der Waals surface area contributed by atoms with Gasteiger partial charge in [-0.3, -0.25) is 18.9 Å². The Balaban J connectivity index is 2.25. The van der Waals surface area contributed by atoms with Crippen LogP contribution in [0.2, 0.25) is 0 Å². The fraction of sp³-hybridized carbons (Fsp3) is 0.462. The fourth-order valence-corrected chi connectivity index (χ4v) is 3.02. The second-order valence-electron chi connectivity index (χ2n) is 5.80. The highest BCUT2D eigenvalue weighted by Crippen LogP contribution is 2.22. The predicted octanol–water partition coefficient (Wildman–Crippen LogP) is 2.07. The molecule has 0 radical (unpaired) electrons. The third kappa shape index (κ3) is 3.23. The topological polar surface area (TPSA) is 65.1 Å². The van der Waals surface area contributed by atoms with E-state index in [1.54, 1.807) is 10.0 Å². The van der Waals surface area contributed by atoms with Crippen LogP contribution in [0.3, 0.4) is 0 Å². The molecular weight excluding hydrogens is 278 g/mol. The summed E-state index contributed by atoms with van der Waals surface area (Å²) in [5, 5.41) is 11.2. The lowest BCUT2D eigenvalue weighted by Gasteiger charge is -2.23. The Labute approximate surface area is 120 Å². The summed E-state index contributed by atoms with van der Waals surface area (Å²) in [5.41, 5.74) is -0.166. The lowest BCUT2D eigenvalue weighted by Crippen LogP contribution is -2.36. The van der Waals surface area contributed by atoms with Crippen molar-refractivity contribution >= 4 is 27.3 Å². The molecule has 1 aromatic heterocycles. The van der Waals surface area contributed by atoms with Gasteiger partial charge in [-0.1, -0.05) is 11.5 Å². The average Bonchev–Trinajstić information content (AvgIpc) is 2.64. The van der Waals surface area contributed by atoms with Gasteiger partial charge in [-0.05, 0) is 6.07 Å². The molecule has 0 aliphatic heterocycles. The number of non-ortho nitro benzene ring substituents is 1. The molecule has 0 saturated heterocycles. The van der Waals surface area contributed by atoms with E-state index in [1.165, 1.54) is 23.7 Å². The number of benzene rings is 1. The van der Waals surface area contributed by atoms with E-state index in [4.69, 9.17) is 0 Å². The molecule has 0 N–H and O–H groups in total. The van der Waals surface area contributed by atoms with Crippen molar-refractivity contribution < 1.29 is 9.41 Å². The highest BCUT2D eigenvalue weighted by molar-refractivity contribution is 7.13. The third-order valence-corrected chi connectivity index (χ3v) is 4.15. The van der Waals surface area contributed by atoms with E-state index in [9.17, 15) is 14.9 Å². The summed E-state index contributed by atoms with van der Waals surface area (Å²) in [5.74, 6) is 0. The van der Waals surface area contributed by atoms with Crippen LogP contribution < -0.4 is 5.56 Å². The van der Waals surface area contributed by atoms with Crippen LogP contribution in [0, 0.1) is 10.1 Å². The average molecular weight is 296 g/mol. The SMILES string of the molecule is C[N+](C)(C)CCCn1sc2ccc([N+](=O)[O-])cc2c1=O. The number of aryl methyl sites for hydroxylation is 1. The zero-order valence-electron chi connectivity index (χ0n) is 11.8. The van der Waals surface area contributed by atoms with Crippen molar-refractivity contribution in [2.24, 2.45) is 0 Å². The molecule has 0 aliphatic carbocycles. The van der Waals surface area contributed by atoms with Crippen molar-refractivity contribution in [2.45, 2.75) is 13.0 Å². The number of rotatable bonds is 5. The van der Waals surface area contributed by atoms with E-state index < -0.39 is 4.92 Å². The molecule has 0 fully saturated rings. The monoisotopic (exact) mass is 296 g/mol. The van der Waals surface area contributed by atoms with Gasteiger partial charge in [0.15, 0.2) is 0 Å². The number of nitro benzene ring substituents is 1. The Kier molecular flexibility index (Phi) is 3.92. The van der Waals surface area contributed by atoms with Gasteiger partial charge in [0.25, 0.3) is 11.2 Å². The first-order valence-electron chi connectivity index (χ1n) is 6.37. The maximum atomic E-state index is 12.2. The number of nitro groups is 1.